The number of benzene rings is 1. The van der Waals surface area contributed by atoms with E-state index < -0.39 is 30.1 Å². The molecule has 10 heteroatoms. The second kappa shape index (κ2) is 9.51. The number of carbonyl (C=O) groups excluding carboxylic acids is 1. The van der Waals surface area contributed by atoms with Crippen LogP contribution in [-0.2, 0) is 16.6 Å². The van der Waals surface area contributed by atoms with Crippen molar-refractivity contribution in [3.8, 4) is 5.75 Å². The van der Waals surface area contributed by atoms with Crippen LogP contribution in [0.25, 0.3) is 0 Å². The third-order valence-corrected chi connectivity index (χ3v) is 6.99. The molecule has 36 heavy (non-hydrogen) atoms. The maximum atomic E-state index is 14.2. The number of hydrogen-bond acceptors (Lipinski definition) is 8. The number of aliphatic hydroxyl groups excluding tert-OH is 1. The van der Waals surface area contributed by atoms with Gasteiger partial charge in [0.2, 0.25) is 0 Å². The van der Waals surface area contributed by atoms with Gasteiger partial charge in [-0.2, -0.15) is 0 Å². The average molecular weight is 512 g/mol. The molecule has 4 rings (SSSR count). The lowest BCUT2D eigenvalue weighted by Crippen LogP contribution is -2.55. The zero-order valence-corrected chi connectivity index (χ0v) is 21.6. The van der Waals surface area contributed by atoms with Gasteiger partial charge in [0.15, 0.2) is 5.54 Å². The third-order valence-electron chi connectivity index (χ3n) is 6.35. The lowest BCUT2D eigenvalue weighted by atomic mass is 9.85. The molecular formula is C26H29N3O6S. The van der Waals surface area contributed by atoms with Crippen LogP contribution in [0.2, 0.25) is 0 Å². The number of rotatable bonds is 7. The van der Waals surface area contributed by atoms with Gasteiger partial charge in [-0.05, 0) is 41.7 Å². The topological polar surface area (TPSA) is 126 Å². The predicted octanol–water partition coefficient (Wildman–Crippen LogP) is 3.93. The summed E-state index contributed by atoms with van der Waals surface area (Å²) in [6, 6.07) is 5.81. The molecular weight excluding hydrogens is 482 g/mol. The quantitative estimate of drug-likeness (QED) is 0.457. The first-order valence-electron chi connectivity index (χ1n) is 11.4. The van der Waals surface area contributed by atoms with Gasteiger partial charge in [-0.25, -0.2) is 9.78 Å². The van der Waals surface area contributed by atoms with Crippen LogP contribution in [0, 0.1) is 6.92 Å². The second-order valence-corrected chi connectivity index (χ2v) is 10.6. The van der Waals surface area contributed by atoms with E-state index in [-0.39, 0.29) is 17.4 Å². The number of aliphatic hydroxyl groups is 1. The van der Waals surface area contributed by atoms with Crippen LogP contribution in [-0.4, -0.2) is 56.4 Å². The van der Waals surface area contributed by atoms with Gasteiger partial charge >= 0.3 is 5.97 Å². The third kappa shape index (κ3) is 4.42. The largest absolute Gasteiger partial charge is 0.496 e. The lowest BCUT2D eigenvalue weighted by Gasteiger charge is -2.37. The first-order chi connectivity index (χ1) is 17.0. The Labute approximate surface area is 213 Å². The fourth-order valence-electron chi connectivity index (χ4n) is 4.68. The number of carboxylic acid groups (broad SMARTS) is 1. The fraction of sp³-hybridized carbons (Fsp3) is 0.385. The summed E-state index contributed by atoms with van der Waals surface area (Å²) in [6.07, 6.45) is 1.37. The average Bonchev–Trinajstić information content (AvgIpc) is 3.57. The minimum absolute atomic E-state index is 0.0778. The number of thiazole rings is 1. The van der Waals surface area contributed by atoms with Crippen LogP contribution in [0.3, 0.4) is 0 Å². The van der Waals surface area contributed by atoms with E-state index in [9.17, 15) is 19.8 Å². The molecule has 190 valence electrons. The van der Waals surface area contributed by atoms with Crippen LogP contribution in [0.1, 0.15) is 59.9 Å². The van der Waals surface area contributed by atoms with Gasteiger partial charge in [-0.1, -0.05) is 32.0 Å². The Hall–Kier alpha value is -3.50. The molecule has 0 fully saturated rings. The Morgan fingerprint density at radius 1 is 1.28 bits per heavy atom. The number of methoxy groups -OCH3 is 1. The molecule has 2 N–H and O–H groups in total. The maximum absolute atomic E-state index is 14.2. The van der Waals surface area contributed by atoms with Crippen LogP contribution in [0.4, 0.5) is 0 Å². The SMILES string of the molecule is COc1cc(C(=O)N2[C@@H](c3cc(C)on3)C(CO)=C[C@@]2(Cc2cscn2)C(=O)O)ccc1C(C)(C)C. The molecule has 1 amide bonds. The van der Waals surface area contributed by atoms with Crippen molar-refractivity contribution in [2.24, 2.45) is 0 Å². The van der Waals surface area contributed by atoms with E-state index in [0.29, 0.717) is 28.5 Å². The van der Waals surface area contributed by atoms with E-state index in [1.54, 1.807) is 36.0 Å². The molecule has 0 aliphatic carbocycles. The molecule has 9 nitrogen and oxygen atoms in total. The molecule has 2 atom stereocenters. The highest BCUT2D eigenvalue weighted by Crippen LogP contribution is 2.45. The van der Waals surface area contributed by atoms with Gasteiger partial charge in [-0.3, -0.25) is 4.79 Å². The molecule has 0 bridgehead atoms. The number of carboxylic acids is 1. The molecule has 0 radical (unpaired) electrons. The van der Waals surface area contributed by atoms with Gasteiger partial charge < -0.3 is 24.4 Å². The van der Waals surface area contributed by atoms with E-state index >= 15 is 0 Å². The van der Waals surface area contributed by atoms with Crippen molar-refractivity contribution in [1.29, 1.82) is 0 Å². The van der Waals surface area contributed by atoms with E-state index in [1.165, 1.54) is 29.4 Å². The maximum Gasteiger partial charge on any atom is 0.334 e. The first kappa shape index (κ1) is 25.6. The van der Waals surface area contributed by atoms with E-state index in [1.807, 2.05) is 26.8 Å². The number of hydrogen-bond donors (Lipinski definition) is 2. The molecule has 1 aromatic carbocycles. The highest BCUT2D eigenvalue weighted by molar-refractivity contribution is 7.07. The molecule has 0 spiro atoms. The minimum Gasteiger partial charge on any atom is -0.496 e. The molecule has 0 saturated carbocycles. The molecule has 3 aromatic rings. The Morgan fingerprint density at radius 2 is 2.03 bits per heavy atom. The van der Waals surface area contributed by atoms with Crippen LogP contribution in [0.15, 0.2) is 51.3 Å². The highest BCUT2D eigenvalue weighted by Gasteiger charge is 2.55. The smallest absolute Gasteiger partial charge is 0.334 e. The number of aromatic nitrogens is 2. The summed E-state index contributed by atoms with van der Waals surface area (Å²) in [6.45, 7) is 7.36. The van der Waals surface area contributed by atoms with Gasteiger partial charge in [-0.15, -0.1) is 11.3 Å². The summed E-state index contributed by atoms with van der Waals surface area (Å²) in [5.74, 6) is -0.761. The Bertz CT molecular complexity index is 1310. The second-order valence-electron chi connectivity index (χ2n) is 9.87. The van der Waals surface area contributed by atoms with Crippen molar-refractivity contribution >= 4 is 23.2 Å². The standard InChI is InChI=1S/C26H29N3O6S/c1-15-8-20(28-35-15)22-17(12-30)10-26(24(32)33,11-18-13-36-14-27-18)29(22)23(31)16-6-7-19(25(2,3)4)21(9-16)34-5/h6-10,13-14,22,30H,11-12H2,1-5H3,(H,32,33)/t22-,26-/m1/s1. The van der Waals surface area contributed by atoms with E-state index in [2.05, 4.69) is 10.1 Å². The van der Waals surface area contributed by atoms with Gasteiger partial charge in [0.05, 0.1) is 24.9 Å². The number of aliphatic carboxylic acids is 1. The van der Waals surface area contributed by atoms with Crippen molar-refractivity contribution in [3.63, 3.8) is 0 Å². The summed E-state index contributed by atoms with van der Waals surface area (Å²) < 4.78 is 10.8. The Kier molecular flexibility index (Phi) is 6.76. The Morgan fingerprint density at radius 3 is 2.56 bits per heavy atom. The Balaban J connectivity index is 1.90. The first-order valence-corrected chi connectivity index (χ1v) is 12.3. The molecule has 2 aromatic heterocycles. The van der Waals surface area contributed by atoms with Crippen molar-refractivity contribution in [2.75, 3.05) is 13.7 Å². The summed E-state index contributed by atoms with van der Waals surface area (Å²) in [5.41, 5.74) is 1.92. The number of aryl methyl sites for hydroxylation is 1. The normalized spacial score (nSPS) is 19.9. The van der Waals surface area contributed by atoms with Crippen LogP contribution < -0.4 is 4.74 Å². The zero-order chi connectivity index (χ0) is 26.3. The molecule has 1 aliphatic heterocycles. The van der Waals surface area contributed by atoms with Gasteiger partial charge in [0.1, 0.15) is 23.2 Å². The van der Waals surface area contributed by atoms with Gasteiger partial charge in [0.25, 0.3) is 5.91 Å². The molecule has 3 heterocycles. The van der Waals surface area contributed by atoms with E-state index in [4.69, 9.17) is 9.26 Å². The van der Waals surface area contributed by atoms with Crippen molar-refractivity contribution in [2.45, 2.75) is 51.1 Å². The molecule has 0 unspecified atom stereocenters. The monoisotopic (exact) mass is 511 g/mol. The van der Waals surface area contributed by atoms with Crippen molar-refractivity contribution in [3.05, 3.63) is 75.1 Å². The number of ether oxygens (including phenoxy) is 1. The fourth-order valence-corrected chi connectivity index (χ4v) is 5.24. The highest BCUT2D eigenvalue weighted by atomic mass is 32.1. The van der Waals surface area contributed by atoms with Crippen molar-refractivity contribution < 1.29 is 29.1 Å². The van der Waals surface area contributed by atoms with Gasteiger partial charge in [0, 0.05) is 23.4 Å². The van der Waals surface area contributed by atoms with Crippen LogP contribution in [0.5, 0.6) is 5.75 Å². The van der Waals surface area contributed by atoms with E-state index in [0.717, 1.165) is 5.56 Å². The zero-order valence-electron chi connectivity index (χ0n) is 20.8. The molecule has 0 saturated heterocycles. The summed E-state index contributed by atoms with van der Waals surface area (Å²) in [5, 5.41) is 26.6. The summed E-state index contributed by atoms with van der Waals surface area (Å²) in [7, 11) is 1.53. The van der Waals surface area contributed by atoms with Crippen LogP contribution >= 0.6 is 11.3 Å². The minimum atomic E-state index is -1.81. The summed E-state index contributed by atoms with van der Waals surface area (Å²) in [4.78, 5) is 32.7. The number of amides is 1. The molecule has 1 aliphatic rings. The summed E-state index contributed by atoms with van der Waals surface area (Å²) >= 11 is 1.33. The number of carbonyl (C=O) groups is 2. The number of nitrogens with zero attached hydrogens (tertiary/aromatic N) is 3. The predicted molar refractivity (Wildman–Crippen MR) is 133 cm³/mol. The lowest BCUT2D eigenvalue weighted by molar-refractivity contribution is -0.147. The van der Waals surface area contributed by atoms with Crippen molar-refractivity contribution in [1.82, 2.24) is 15.0 Å².